The number of sulfone groups is 1. The molecule has 1 fully saturated rings. The van der Waals surface area contributed by atoms with Crippen molar-refractivity contribution >= 4 is 15.5 Å². The summed E-state index contributed by atoms with van der Waals surface area (Å²) in [5.74, 6) is 0.0968. The van der Waals surface area contributed by atoms with Crippen molar-refractivity contribution in [2.24, 2.45) is 0 Å². The maximum atomic E-state index is 13.8. The summed E-state index contributed by atoms with van der Waals surface area (Å²) in [6.45, 7) is 3.59. The largest absolute Gasteiger partial charge is 0.370 e. The number of halogens is 1. The van der Waals surface area contributed by atoms with Crippen molar-refractivity contribution in [1.29, 1.82) is 0 Å². The molecule has 1 aromatic rings. The van der Waals surface area contributed by atoms with Gasteiger partial charge < -0.3 is 10.2 Å². The minimum atomic E-state index is -2.93. The molecule has 1 saturated heterocycles. The third-order valence-electron chi connectivity index (χ3n) is 3.86. The van der Waals surface area contributed by atoms with E-state index >= 15 is 0 Å². The van der Waals surface area contributed by atoms with Gasteiger partial charge in [-0.15, -0.1) is 0 Å². The van der Waals surface area contributed by atoms with Gasteiger partial charge in [0.2, 0.25) is 0 Å². The minimum Gasteiger partial charge on any atom is -0.370 e. The van der Waals surface area contributed by atoms with Crippen LogP contribution in [-0.4, -0.2) is 39.6 Å². The topological polar surface area (TPSA) is 49.4 Å². The fourth-order valence-electron chi connectivity index (χ4n) is 2.64. The Balaban J connectivity index is 2.11. The Bertz CT molecular complexity index is 589. The van der Waals surface area contributed by atoms with Crippen LogP contribution in [0.25, 0.3) is 0 Å². The van der Waals surface area contributed by atoms with E-state index in [-0.39, 0.29) is 23.4 Å². The van der Waals surface area contributed by atoms with Gasteiger partial charge in [-0.2, -0.15) is 0 Å². The van der Waals surface area contributed by atoms with Gasteiger partial charge in [0.05, 0.1) is 11.5 Å². The van der Waals surface area contributed by atoms with Gasteiger partial charge in [-0.1, -0.05) is 6.92 Å². The molecule has 1 unspecified atom stereocenters. The lowest BCUT2D eigenvalue weighted by atomic mass is 10.1. The Morgan fingerprint density at radius 1 is 1.38 bits per heavy atom. The van der Waals surface area contributed by atoms with Crippen LogP contribution >= 0.6 is 0 Å². The molecule has 1 heterocycles. The predicted octanol–water partition coefficient (Wildman–Crippen LogP) is 1.95. The maximum absolute atomic E-state index is 13.8. The Kier molecular flexibility index (Phi) is 5.22. The average molecular weight is 314 g/mol. The lowest BCUT2D eigenvalue weighted by Gasteiger charge is -2.26. The highest BCUT2D eigenvalue weighted by atomic mass is 32.2. The van der Waals surface area contributed by atoms with Gasteiger partial charge in [0.1, 0.15) is 5.82 Å². The van der Waals surface area contributed by atoms with E-state index in [4.69, 9.17) is 0 Å². The van der Waals surface area contributed by atoms with Gasteiger partial charge >= 0.3 is 0 Å². The number of nitrogens with one attached hydrogen (secondary N) is 1. The van der Waals surface area contributed by atoms with Crippen LogP contribution in [0.3, 0.4) is 0 Å². The number of nitrogens with zero attached hydrogens (tertiary/aromatic N) is 1. The number of benzene rings is 1. The second-order valence-corrected chi connectivity index (χ2v) is 7.89. The molecular formula is C15H23FN2O2S. The number of hydrogen-bond acceptors (Lipinski definition) is 4. The van der Waals surface area contributed by atoms with E-state index in [2.05, 4.69) is 12.2 Å². The highest BCUT2D eigenvalue weighted by Gasteiger charge is 2.31. The first-order valence-corrected chi connectivity index (χ1v) is 9.17. The molecule has 21 heavy (non-hydrogen) atoms. The fraction of sp³-hybridized carbons (Fsp3) is 0.600. The molecule has 4 nitrogen and oxygen atoms in total. The molecule has 1 atom stereocenters. The molecule has 0 aromatic heterocycles. The quantitative estimate of drug-likeness (QED) is 0.816. The van der Waals surface area contributed by atoms with Crippen LogP contribution in [0.2, 0.25) is 0 Å². The Hall–Kier alpha value is -1.14. The first-order chi connectivity index (χ1) is 9.91. The van der Waals surface area contributed by atoms with Crippen molar-refractivity contribution < 1.29 is 12.8 Å². The molecule has 0 radical (unpaired) electrons. The second kappa shape index (κ2) is 6.75. The van der Waals surface area contributed by atoms with E-state index in [9.17, 15) is 12.8 Å². The van der Waals surface area contributed by atoms with E-state index in [0.717, 1.165) is 24.2 Å². The molecule has 1 aromatic carbocycles. The third kappa shape index (κ3) is 4.41. The van der Waals surface area contributed by atoms with Gasteiger partial charge in [-0.05, 0) is 43.1 Å². The van der Waals surface area contributed by atoms with Crippen LogP contribution in [0.5, 0.6) is 0 Å². The summed E-state index contributed by atoms with van der Waals surface area (Å²) in [5.41, 5.74) is 1.62. The molecular weight excluding hydrogens is 291 g/mol. The zero-order valence-corrected chi connectivity index (χ0v) is 13.4. The predicted molar refractivity (Wildman–Crippen MR) is 83.9 cm³/mol. The molecule has 118 valence electrons. The molecule has 1 aliphatic rings. The van der Waals surface area contributed by atoms with E-state index < -0.39 is 9.84 Å². The lowest BCUT2D eigenvalue weighted by molar-refractivity contribution is 0.600. The summed E-state index contributed by atoms with van der Waals surface area (Å²) in [5, 5.41) is 3.25. The Morgan fingerprint density at radius 2 is 2.14 bits per heavy atom. The van der Waals surface area contributed by atoms with Gasteiger partial charge in [-0.25, -0.2) is 12.8 Å². The van der Waals surface area contributed by atoms with Crippen LogP contribution in [0.4, 0.5) is 10.1 Å². The summed E-state index contributed by atoms with van der Waals surface area (Å²) in [6.07, 6.45) is 1.64. The summed E-state index contributed by atoms with van der Waals surface area (Å²) in [6, 6.07) is 4.85. The van der Waals surface area contributed by atoms with Gasteiger partial charge in [-0.3, -0.25) is 0 Å². The third-order valence-corrected chi connectivity index (χ3v) is 5.61. The van der Waals surface area contributed by atoms with Crippen molar-refractivity contribution in [2.75, 3.05) is 30.0 Å². The average Bonchev–Trinajstić information content (AvgIpc) is 2.78. The maximum Gasteiger partial charge on any atom is 0.152 e. The van der Waals surface area contributed by atoms with E-state index in [1.54, 1.807) is 0 Å². The minimum absolute atomic E-state index is 0.0618. The Labute approximate surface area is 126 Å². The van der Waals surface area contributed by atoms with E-state index in [1.807, 2.05) is 18.0 Å². The fourth-order valence-corrected chi connectivity index (χ4v) is 4.41. The van der Waals surface area contributed by atoms with Crippen LogP contribution in [0, 0.1) is 5.82 Å². The summed E-state index contributed by atoms with van der Waals surface area (Å²) in [4.78, 5) is 1.89. The van der Waals surface area contributed by atoms with Crippen molar-refractivity contribution in [3.63, 3.8) is 0 Å². The number of hydrogen-bond donors (Lipinski definition) is 1. The van der Waals surface area contributed by atoms with Gasteiger partial charge in [0.15, 0.2) is 9.84 Å². The molecule has 0 spiro atoms. The molecule has 6 heteroatoms. The van der Waals surface area contributed by atoms with Gasteiger partial charge in [0.25, 0.3) is 0 Å². The highest BCUT2D eigenvalue weighted by Crippen LogP contribution is 2.24. The van der Waals surface area contributed by atoms with Crippen LogP contribution in [0.15, 0.2) is 18.2 Å². The van der Waals surface area contributed by atoms with Crippen molar-refractivity contribution in [2.45, 2.75) is 32.4 Å². The first-order valence-electron chi connectivity index (χ1n) is 7.34. The van der Waals surface area contributed by atoms with Crippen molar-refractivity contribution in [3.8, 4) is 0 Å². The number of rotatable bonds is 6. The molecule has 1 aliphatic heterocycles. The summed E-state index contributed by atoms with van der Waals surface area (Å²) < 4.78 is 36.9. The normalized spacial score (nSPS) is 20.6. The molecule has 0 amide bonds. The van der Waals surface area contributed by atoms with Crippen LogP contribution in [0.1, 0.15) is 25.3 Å². The molecule has 0 bridgehead atoms. The van der Waals surface area contributed by atoms with E-state index in [1.165, 1.54) is 12.1 Å². The molecule has 0 saturated carbocycles. The Morgan fingerprint density at radius 3 is 2.76 bits per heavy atom. The zero-order valence-electron chi connectivity index (χ0n) is 12.6. The second-order valence-electron chi connectivity index (χ2n) is 5.66. The number of anilines is 1. The van der Waals surface area contributed by atoms with Crippen molar-refractivity contribution in [1.82, 2.24) is 5.32 Å². The molecule has 2 rings (SSSR count). The van der Waals surface area contributed by atoms with Gasteiger partial charge in [0, 0.05) is 25.3 Å². The smallest absolute Gasteiger partial charge is 0.152 e. The van der Waals surface area contributed by atoms with E-state index in [0.29, 0.717) is 13.0 Å². The molecule has 0 aliphatic carbocycles. The van der Waals surface area contributed by atoms with Crippen molar-refractivity contribution in [3.05, 3.63) is 29.6 Å². The highest BCUT2D eigenvalue weighted by molar-refractivity contribution is 7.91. The molecule has 1 N–H and O–H groups in total. The first kappa shape index (κ1) is 16.2. The SMILES string of the molecule is CCCNCc1cc(F)cc(N(C)C2CCS(=O)(=O)C2)c1. The van der Waals surface area contributed by atoms with Crippen LogP contribution < -0.4 is 10.2 Å². The zero-order chi connectivity index (χ0) is 15.5. The summed E-state index contributed by atoms with van der Waals surface area (Å²) >= 11 is 0. The standard InChI is InChI=1S/C15H23FN2O2S/c1-3-5-17-10-12-7-13(16)9-15(8-12)18(2)14-4-6-21(19,20)11-14/h7-9,14,17H,3-6,10-11H2,1-2H3. The summed E-state index contributed by atoms with van der Waals surface area (Å²) in [7, 11) is -1.10. The lowest BCUT2D eigenvalue weighted by Crippen LogP contribution is -2.32. The monoisotopic (exact) mass is 314 g/mol. The van der Waals surface area contributed by atoms with Crippen LogP contribution in [-0.2, 0) is 16.4 Å².